The predicted molar refractivity (Wildman–Crippen MR) is 54.2 cm³/mol. The maximum atomic E-state index is 11.9. The number of nitrogens with zero attached hydrogens (tertiary/aromatic N) is 3. The second-order valence-electron chi connectivity index (χ2n) is 3.14. The molecule has 0 atom stereocenters. The van der Waals surface area contributed by atoms with Crippen LogP contribution in [0.4, 0.5) is 0 Å². The second-order valence-corrected chi connectivity index (χ2v) is 3.14. The van der Waals surface area contributed by atoms with Crippen LogP contribution in [0.1, 0.15) is 20.8 Å². The molecule has 1 aliphatic rings. The maximum Gasteiger partial charge on any atom is 0.247 e. The average Bonchev–Trinajstić information content (AvgIpc) is 2.36. The highest BCUT2D eigenvalue weighted by Crippen LogP contribution is 2.25. The van der Waals surface area contributed by atoms with E-state index in [1.165, 1.54) is 19.4 Å². The summed E-state index contributed by atoms with van der Waals surface area (Å²) in [6.07, 6.45) is 1.40. The molecule has 1 aliphatic carbocycles. The topological polar surface area (TPSA) is 107 Å². The third kappa shape index (κ3) is 1.54. The van der Waals surface area contributed by atoms with E-state index in [1.54, 1.807) is 6.07 Å². The van der Waals surface area contributed by atoms with Crippen LogP contribution in [0.15, 0.2) is 34.9 Å². The van der Waals surface area contributed by atoms with Crippen molar-refractivity contribution >= 4 is 11.6 Å². The summed E-state index contributed by atoms with van der Waals surface area (Å²) in [5, 5.41) is 3.30. The van der Waals surface area contributed by atoms with Crippen molar-refractivity contribution in [3.8, 4) is 0 Å². The molecule has 0 fully saturated rings. The molecule has 0 spiro atoms. The number of carbonyl (C=O) groups excluding carboxylic acids is 2. The number of ether oxygens (including phenoxy) is 1. The molecule has 1 aromatic heterocycles. The molecule has 7 heteroatoms. The van der Waals surface area contributed by atoms with Gasteiger partial charge < -0.3 is 4.74 Å². The molecular weight excluding hydrogens is 224 g/mol. The number of rotatable bonds is 2. The lowest BCUT2D eigenvalue weighted by atomic mass is 9.96. The minimum absolute atomic E-state index is 0.000648. The van der Waals surface area contributed by atoms with Crippen molar-refractivity contribution in [2.75, 3.05) is 7.11 Å². The quantitative estimate of drug-likeness (QED) is 0.601. The first kappa shape index (κ1) is 10.8. The highest BCUT2D eigenvalue weighted by molar-refractivity contribution is 6.25. The molecule has 1 heterocycles. The van der Waals surface area contributed by atoms with E-state index in [2.05, 4.69) is 15.0 Å². The summed E-state index contributed by atoms with van der Waals surface area (Å²) >= 11 is 0. The average molecular weight is 231 g/mol. The Morgan fingerprint density at radius 1 is 1.41 bits per heavy atom. The van der Waals surface area contributed by atoms with E-state index in [4.69, 9.17) is 10.3 Å². The van der Waals surface area contributed by atoms with E-state index < -0.39 is 11.6 Å². The summed E-state index contributed by atoms with van der Waals surface area (Å²) in [7, 11) is 1.25. The Kier molecular flexibility index (Phi) is 2.60. The molecule has 0 unspecified atom stereocenters. The van der Waals surface area contributed by atoms with Crippen molar-refractivity contribution in [1.82, 2.24) is 9.90 Å². The minimum Gasteiger partial charge on any atom is -0.490 e. The number of carbonyl (C=O) groups is 2. The van der Waals surface area contributed by atoms with Crippen LogP contribution in [-0.2, 0) is 4.74 Å². The molecule has 0 saturated carbocycles. The molecule has 0 aliphatic heterocycles. The second kappa shape index (κ2) is 4.07. The fraction of sp³-hybridized carbons (Fsp3) is 0.100. The Morgan fingerprint density at radius 3 is 2.82 bits per heavy atom. The van der Waals surface area contributed by atoms with Crippen molar-refractivity contribution in [3.05, 3.63) is 41.0 Å². The van der Waals surface area contributed by atoms with Crippen molar-refractivity contribution < 1.29 is 14.3 Å². The molecule has 0 radical (unpaired) electrons. The molecule has 0 bridgehead atoms. The van der Waals surface area contributed by atoms with Gasteiger partial charge >= 0.3 is 0 Å². The molecule has 1 aromatic rings. The van der Waals surface area contributed by atoms with E-state index in [1.807, 2.05) is 0 Å². The lowest BCUT2D eigenvalue weighted by molar-refractivity contribution is 0.0901. The van der Waals surface area contributed by atoms with Gasteiger partial charge in [-0.25, -0.2) is 0 Å². The first-order valence-electron chi connectivity index (χ1n) is 4.60. The summed E-state index contributed by atoms with van der Waals surface area (Å²) in [5.41, 5.74) is 6.50. The van der Waals surface area contributed by atoms with Gasteiger partial charge in [0.15, 0.2) is 5.11 Å². The number of nitrogens with one attached hydrogen (secondary N) is 1. The number of ketones is 2. The number of aromatic nitrogens is 1. The van der Waals surface area contributed by atoms with Crippen LogP contribution in [0.25, 0.3) is 0 Å². The Labute approximate surface area is 95.4 Å². The zero-order valence-corrected chi connectivity index (χ0v) is 8.80. The number of fused-ring (bicyclic) bond motifs is 1. The predicted octanol–water partition coefficient (Wildman–Crippen LogP) is 0.869. The molecular formula is C10H7N4O3+. The van der Waals surface area contributed by atoms with Gasteiger partial charge in [-0.15, -0.1) is 0 Å². The van der Waals surface area contributed by atoms with Crippen LogP contribution in [0, 0.1) is 5.53 Å². The SMILES string of the molecule is COC1=C(N=[N+]=N)C(=O)c2ncccc2C1=O. The monoisotopic (exact) mass is 231 g/mol. The summed E-state index contributed by atoms with van der Waals surface area (Å²) in [5.74, 6) is -1.28. The molecule has 0 aromatic carbocycles. The molecule has 17 heavy (non-hydrogen) atoms. The highest BCUT2D eigenvalue weighted by atomic mass is 16.5. The van der Waals surface area contributed by atoms with Crippen LogP contribution < -0.4 is 4.91 Å². The van der Waals surface area contributed by atoms with Gasteiger partial charge in [0.05, 0.1) is 12.7 Å². The lowest BCUT2D eigenvalue weighted by Crippen LogP contribution is -2.23. The van der Waals surface area contributed by atoms with Gasteiger partial charge in [0.25, 0.3) is 0 Å². The van der Waals surface area contributed by atoms with Gasteiger partial charge in [-0.2, -0.15) is 0 Å². The van der Waals surface area contributed by atoms with Crippen molar-refractivity contribution in [1.29, 1.82) is 5.53 Å². The van der Waals surface area contributed by atoms with Gasteiger partial charge in [-0.05, 0) is 12.1 Å². The van der Waals surface area contributed by atoms with Crippen molar-refractivity contribution in [2.24, 2.45) is 5.11 Å². The summed E-state index contributed by atoms with van der Waals surface area (Å²) in [6, 6.07) is 3.03. The van der Waals surface area contributed by atoms with E-state index in [0.29, 0.717) is 0 Å². The molecule has 1 N–H and O–H groups in total. The lowest BCUT2D eigenvalue weighted by Gasteiger charge is -2.13. The number of hydrogen-bond donors (Lipinski definition) is 1. The van der Waals surface area contributed by atoms with Crippen LogP contribution in [0.2, 0.25) is 0 Å². The van der Waals surface area contributed by atoms with E-state index in [-0.39, 0.29) is 22.7 Å². The molecule has 0 amide bonds. The van der Waals surface area contributed by atoms with E-state index in [0.717, 1.165) is 0 Å². The van der Waals surface area contributed by atoms with Gasteiger partial charge in [0.1, 0.15) is 11.2 Å². The Balaban J connectivity index is 2.72. The van der Waals surface area contributed by atoms with Gasteiger partial charge in [-0.3, -0.25) is 14.6 Å². The summed E-state index contributed by atoms with van der Waals surface area (Å²) in [4.78, 5) is 30.5. The minimum atomic E-state index is -0.576. The molecule has 2 rings (SSSR count). The highest BCUT2D eigenvalue weighted by Gasteiger charge is 2.37. The smallest absolute Gasteiger partial charge is 0.247 e. The number of allylic oxidation sites excluding steroid dienone is 2. The van der Waals surface area contributed by atoms with Gasteiger partial charge in [0.2, 0.25) is 27.9 Å². The van der Waals surface area contributed by atoms with E-state index >= 15 is 0 Å². The Bertz CT molecular complexity index is 599. The Morgan fingerprint density at radius 2 is 2.18 bits per heavy atom. The standard InChI is InChI=1S/C10H7N4O3/c1-17-10-7(13-14-11)9(16)6-5(8(10)15)3-2-4-12-6/h2-4,11H,1H3/q+1. The number of methoxy groups -OCH3 is 1. The summed E-state index contributed by atoms with van der Waals surface area (Å²) in [6.45, 7) is 0. The van der Waals surface area contributed by atoms with Crippen molar-refractivity contribution in [3.63, 3.8) is 0 Å². The van der Waals surface area contributed by atoms with Crippen LogP contribution in [0.5, 0.6) is 0 Å². The fourth-order valence-corrected chi connectivity index (χ4v) is 1.54. The number of pyridine rings is 1. The third-order valence-corrected chi connectivity index (χ3v) is 2.26. The zero-order valence-electron chi connectivity index (χ0n) is 8.80. The third-order valence-electron chi connectivity index (χ3n) is 2.26. The molecule has 84 valence electrons. The van der Waals surface area contributed by atoms with Crippen LogP contribution >= 0.6 is 0 Å². The molecule has 0 saturated heterocycles. The summed E-state index contributed by atoms with van der Waals surface area (Å²) < 4.78 is 4.84. The van der Waals surface area contributed by atoms with Crippen LogP contribution in [0.3, 0.4) is 0 Å². The maximum absolute atomic E-state index is 11.9. The van der Waals surface area contributed by atoms with E-state index in [9.17, 15) is 9.59 Å². The zero-order chi connectivity index (χ0) is 12.4. The van der Waals surface area contributed by atoms with Gasteiger partial charge in [-0.1, -0.05) is 0 Å². The largest absolute Gasteiger partial charge is 0.490 e. The Hall–Kier alpha value is -2.66. The fourth-order valence-electron chi connectivity index (χ4n) is 1.54. The van der Waals surface area contributed by atoms with Gasteiger partial charge in [0, 0.05) is 6.20 Å². The normalized spacial score (nSPS) is 14.2. The molecule has 7 nitrogen and oxygen atoms in total. The first-order chi connectivity index (χ1) is 8.20. The number of Topliss-reactive ketones (excluding diaryl/α,β-unsaturated/α-hetero) is 2. The first-order valence-corrected chi connectivity index (χ1v) is 4.60. The number of hydrogen-bond acceptors (Lipinski definition) is 6. The van der Waals surface area contributed by atoms with Crippen LogP contribution in [-0.4, -0.2) is 23.7 Å². The van der Waals surface area contributed by atoms with Crippen molar-refractivity contribution in [2.45, 2.75) is 0 Å².